The zero-order valence-electron chi connectivity index (χ0n) is 14.4. The molecule has 0 saturated carbocycles. The Morgan fingerprint density at radius 2 is 1.53 bits per heavy atom. The number of rotatable bonds is 6. The fraction of sp³-hybridized carbons (Fsp3) is 1.00. The van der Waals surface area contributed by atoms with Crippen molar-refractivity contribution in [3.05, 3.63) is 0 Å². The van der Waals surface area contributed by atoms with Crippen LogP contribution in [-0.4, -0.2) is 24.5 Å². The van der Waals surface area contributed by atoms with Crippen molar-refractivity contribution < 1.29 is 0 Å². The Kier molecular flexibility index (Phi) is 6.36. The summed E-state index contributed by atoms with van der Waals surface area (Å²) < 4.78 is 0. The standard InChI is InChI=1S/C18H37N/c1-7-18(5,6)16-10-14-19(15-11-16)13-9-8-12-17(2,3)4/h16H,7-15H2,1-6H3. The van der Waals surface area contributed by atoms with Gasteiger partial charge in [-0.2, -0.15) is 0 Å². The van der Waals surface area contributed by atoms with Gasteiger partial charge in [-0.1, -0.05) is 54.4 Å². The van der Waals surface area contributed by atoms with E-state index in [1.807, 2.05) is 0 Å². The van der Waals surface area contributed by atoms with E-state index in [0.29, 0.717) is 10.8 Å². The first-order valence-corrected chi connectivity index (χ1v) is 8.47. The molecule has 1 aliphatic heterocycles. The monoisotopic (exact) mass is 267 g/mol. The molecule has 0 unspecified atom stereocenters. The number of nitrogens with zero attached hydrogens (tertiary/aromatic N) is 1. The zero-order valence-corrected chi connectivity index (χ0v) is 14.4. The van der Waals surface area contributed by atoms with Crippen molar-refractivity contribution >= 4 is 0 Å². The van der Waals surface area contributed by atoms with Gasteiger partial charge in [0.1, 0.15) is 0 Å². The minimum Gasteiger partial charge on any atom is -0.303 e. The lowest BCUT2D eigenvalue weighted by Crippen LogP contribution is -2.39. The van der Waals surface area contributed by atoms with Gasteiger partial charge >= 0.3 is 0 Å². The van der Waals surface area contributed by atoms with Crippen LogP contribution in [0.4, 0.5) is 0 Å². The molecule has 1 rings (SSSR count). The molecule has 1 aliphatic rings. The third kappa shape index (κ3) is 6.29. The summed E-state index contributed by atoms with van der Waals surface area (Å²) in [6.07, 6.45) is 8.30. The van der Waals surface area contributed by atoms with Crippen LogP contribution in [0.25, 0.3) is 0 Å². The van der Waals surface area contributed by atoms with Crippen molar-refractivity contribution in [1.29, 1.82) is 0 Å². The highest BCUT2D eigenvalue weighted by atomic mass is 15.1. The Labute approximate surface area is 122 Å². The van der Waals surface area contributed by atoms with Crippen LogP contribution in [0.15, 0.2) is 0 Å². The zero-order chi connectivity index (χ0) is 14.5. The Bertz CT molecular complexity index is 241. The van der Waals surface area contributed by atoms with Crippen LogP contribution in [-0.2, 0) is 0 Å². The molecular formula is C18H37N. The Hall–Kier alpha value is -0.0400. The summed E-state index contributed by atoms with van der Waals surface area (Å²) in [5.41, 5.74) is 1.07. The smallest absolute Gasteiger partial charge is 0.00159 e. The first-order valence-electron chi connectivity index (χ1n) is 8.47. The van der Waals surface area contributed by atoms with Crippen LogP contribution in [0.2, 0.25) is 0 Å². The van der Waals surface area contributed by atoms with Crippen molar-refractivity contribution in [2.45, 2.75) is 80.1 Å². The van der Waals surface area contributed by atoms with Gasteiger partial charge in [0.15, 0.2) is 0 Å². The molecule has 0 atom stereocenters. The van der Waals surface area contributed by atoms with Crippen LogP contribution in [0.5, 0.6) is 0 Å². The maximum absolute atomic E-state index is 2.70. The molecule has 19 heavy (non-hydrogen) atoms. The van der Waals surface area contributed by atoms with Crippen LogP contribution in [0.1, 0.15) is 80.1 Å². The van der Waals surface area contributed by atoms with E-state index in [-0.39, 0.29) is 0 Å². The number of likely N-dealkylation sites (tertiary alicyclic amines) is 1. The maximum atomic E-state index is 2.70. The summed E-state index contributed by atoms with van der Waals surface area (Å²) in [5.74, 6) is 0.948. The van der Waals surface area contributed by atoms with Gasteiger partial charge in [-0.3, -0.25) is 0 Å². The van der Waals surface area contributed by atoms with Gasteiger partial charge < -0.3 is 4.90 Å². The molecular weight excluding hydrogens is 230 g/mol. The molecule has 0 aromatic rings. The van der Waals surface area contributed by atoms with Crippen molar-refractivity contribution in [2.24, 2.45) is 16.7 Å². The van der Waals surface area contributed by atoms with Gasteiger partial charge in [0.25, 0.3) is 0 Å². The molecule has 1 nitrogen and oxygen atoms in total. The summed E-state index contributed by atoms with van der Waals surface area (Å²) in [7, 11) is 0. The van der Waals surface area contributed by atoms with Crippen molar-refractivity contribution in [3.63, 3.8) is 0 Å². The van der Waals surface area contributed by atoms with Crippen LogP contribution >= 0.6 is 0 Å². The summed E-state index contributed by atoms with van der Waals surface area (Å²) in [4.78, 5) is 2.70. The van der Waals surface area contributed by atoms with Gasteiger partial charge in [-0.05, 0) is 62.1 Å². The molecule has 0 N–H and O–H groups in total. The Morgan fingerprint density at radius 1 is 0.947 bits per heavy atom. The predicted octanol–water partition coefficient (Wildman–Crippen LogP) is 5.35. The lowest BCUT2D eigenvalue weighted by molar-refractivity contribution is 0.0958. The van der Waals surface area contributed by atoms with E-state index in [0.717, 1.165) is 5.92 Å². The van der Waals surface area contributed by atoms with Crippen LogP contribution < -0.4 is 0 Å². The molecule has 0 amide bonds. The molecule has 0 aromatic heterocycles. The van der Waals surface area contributed by atoms with Crippen molar-refractivity contribution in [1.82, 2.24) is 4.90 Å². The van der Waals surface area contributed by atoms with E-state index in [1.54, 1.807) is 0 Å². The number of hydrogen-bond acceptors (Lipinski definition) is 1. The number of hydrogen-bond donors (Lipinski definition) is 0. The molecule has 0 radical (unpaired) electrons. The third-order valence-electron chi connectivity index (χ3n) is 5.26. The lowest BCUT2D eigenvalue weighted by Gasteiger charge is -2.40. The third-order valence-corrected chi connectivity index (χ3v) is 5.26. The van der Waals surface area contributed by atoms with E-state index < -0.39 is 0 Å². The number of unbranched alkanes of at least 4 members (excludes halogenated alkanes) is 1. The van der Waals surface area contributed by atoms with Crippen molar-refractivity contribution in [2.75, 3.05) is 19.6 Å². The molecule has 1 heteroatoms. The second kappa shape index (κ2) is 7.11. The normalized spacial score (nSPS) is 19.9. The second-order valence-corrected chi connectivity index (χ2v) is 8.48. The largest absolute Gasteiger partial charge is 0.303 e. The minimum atomic E-state index is 0.512. The van der Waals surface area contributed by atoms with Gasteiger partial charge in [0.05, 0.1) is 0 Å². The Balaban J connectivity index is 2.17. The maximum Gasteiger partial charge on any atom is -0.00159 e. The molecule has 0 bridgehead atoms. The first-order chi connectivity index (χ1) is 8.74. The van der Waals surface area contributed by atoms with Gasteiger partial charge in [-0.25, -0.2) is 0 Å². The molecule has 0 spiro atoms. The summed E-state index contributed by atoms with van der Waals surface area (Å²) in [5, 5.41) is 0. The highest BCUT2D eigenvalue weighted by Gasteiger charge is 2.30. The molecule has 1 saturated heterocycles. The first kappa shape index (κ1) is 17.0. The van der Waals surface area contributed by atoms with E-state index in [9.17, 15) is 0 Å². The fourth-order valence-corrected chi connectivity index (χ4v) is 3.22. The SMILES string of the molecule is CCC(C)(C)C1CCN(CCCCC(C)(C)C)CC1. The second-order valence-electron chi connectivity index (χ2n) is 8.48. The molecule has 114 valence electrons. The van der Waals surface area contributed by atoms with Gasteiger partial charge in [0, 0.05) is 0 Å². The molecule has 0 aliphatic carbocycles. The van der Waals surface area contributed by atoms with Gasteiger partial charge in [-0.15, -0.1) is 0 Å². The predicted molar refractivity (Wildman–Crippen MR) is 86.5 cm³/mol. The fourth-order valence-electron chi connectivity index (χ4n) is 3.22. The van der Waals surface area contributed by atoms with E-state index in [4.69, 9.17) is 0 Å². The topological polar surface area (TPSA) is 3.24 Å². The summed E-state index contributed by atoms with van der Waals surface area (Å²) >= 11 is 0. The molecule has 0 aromatic carbocycles. The minimum absolute atomic E-state index is 0.512. The summed E-state index contributed by atoms with van der Waals surface area (Å²) in [6.45, 7) is 18.3. The van der Waals surface area contributed by atoms with Crippen LogP contribution in [0.3, 0.4) is 0 Å². The molecule has 1 fully saturated rings. The van der Waals surface area contributed by atoms with Gasteiger partial charge in [0.2, 0.25) is 0 Å². The average Bonchev–Trinajstić information content (AvgIpc) is 2.34. The van der Waals surface area contributed by atoms with Crippen molar-refractivity contribution in [3.8, 4) is 0 Å². The van der Waals surface area contributed by atoms with Crippen LogP contribution in [0, 0.1) is 16.7 Å². The molecule has 1 heterocycles. The quantitative estimate of drug-likeness (QED) is 0.586. The summed E-state index contributed by atoms with van der Waals surface area (Å²) in [6, 6.07) is 0. The highest BCUT2D eigenvalue weighted by Crippen LogP contribution is 2.37. The number of piperidine rings is 1. The van der Waals surface area contributed by atoms with E-state index in [1.165, 1.54) is 58.2 Å². The Morgan fingerprint density at radius 3 is 2.00 bits per heavy atom. The average molecular weight is 268 g/mol. The lowest BCUT2D eigenvalue weighted by atomic mass is 9.72. The highest BCUT2D eigenvalue weighted by molar-refractivity contribution is 4.82. The van der Waals surface area contributed by atoms with E-state index in [2.05, 4.69) is 46.4 Å². The van der Waals surface area contributed by atoms with E-state index >= 15 is 0 Å².